The number of halogens is 2. The molecule has 1 heterocycles. The summed E-state index contributed by atoms with van der Waals surface area (Å²) >= 11 is 8.42. The Labute approximate surface area is 140 Å². The van der Waals surface area contributed by atoms with E-state index in [2.05, 4.69) is 39.0 Å². The number of nitrogens with one attached hydrogen (secondary N) is 1. The minimum Gasteiger partial charge on any atom is -0.339 e. The van der Waals surface area contributed by atoms with Gasteiger partial charge in [0.15, 0.2) is 0 Å². The first-order chi connectivity index (χ1) is 10.2. The van der Waals surface area contributed by atoms with Gasteiger partial charge in [0.2, 0.25) is 0 Å². The van der Waals surface area contributed by atoms with Crippen LogP contribution in [-0.4, -0.2) is 4.98 Å². The fraction of sp³-hybridized carbons (Fsp3) is 0. The van der Waals surface area contributed by atoms with Gasteiger partial charge < -0.3 is 5.32 Å². The Morgan fingerprint density at radius 2 is 1.95 bits per heavy atom. The van der Waals surface area contributed by atoms with E-state index in [9.17, 15) is 5.26 Å². The van der Waals surface area contributed by atoms with Crippen LogP contribution in [0.25, 0.3) is 10.9 Å². The number of nitriles is 1. The molecule has 0 bridgehead atoms. The van der Waals surface area contributed by atoms with Crippen LogP contribution < -0.4 is 5.32 Å². The van der Waals surface area contributed by atoms with E-state index in [1.165, 1.54) is 0 Å². The van der Waals surface area contributed by atoms with Crippen molar-refractivity contribution in [3.8, 4) is 6.07 Å². The molecule has 3 rings (SSSR count). The number of nitrogens with zero attached hydrogens (tertiary/aromatic N) is 2. The summed E-state index contributed by atoms with van der Waals surface area (Å²) in [7, 11) is 0. The molecule has 0 fully saturated rings. The number of anilines is 2. The number of hydrogen-bond donors (Lipinski definition) is 1. The molecule has 102 valence electrons. The second kappa shape index (κ2) is 5.88. The third kappa shape index (κ3) is 2.94. The van der Waals surface area contributed by atoms with Crippen LogP contribution in [-0.2, 0) is 0 Å². The van der Waals surface area contributed by atoms with Crippen LogP contribution in [0.4, 0.5) is 11.5 Å². The van der Waals surface area contributed by atoms with Crippen LogP contribution in [0.1, 0.15) is 5.56 Å². The van der Waals surface area contributed by atoms with Crippen LogP contribution in [0.3, 0.4) is 0 Å². The largest absolute Gasteiger partial charge is 0.339 e. The number of para-hydroxylation sites is 1. The predicted octanol–water partition coefficient (Wildman–Crippen LogP) is 5.11. The molecule has 2 aromatic carbocycles. The lowest BCUT2D eigenvalue weighted by atomic mass is 10.1. The summed E-state index contributed by atoms with van der Waals surface area (Å²) in [4.78, 5) is 4.52. The summed E-state index contributed by atoms with van der Waals surface area (Å²) in [5.41, 5.74) is 2.13. The van der Waals surface area contributed by atoms with Crippen molar-refractivity contribution < 1.29 is 0 Å². The van der Waals surface area contributed by atoms with Gasteiger partial charge in [-0.15, -0.1) is 0 Å². The Hall–Kier alpha value is -1.84. The molecule has 0 amide bonds. The molecule has 1 aromatic heterocycles. The molecule has 0 aliphatic carbocycles. The van der Waals surface area contributed by atoms with Crippen molar-refractivity contribution in [1.82, 2.24) is 4.98 Å². The summed E-state index contributed by atoms with van der Waals surface area (Å²) in [5.74, 6) is 0.605. The highest BCUT2D eigenvalue weighted by atomic mass is 127. The highest BCUT2D eigenvalue weighted by Crippen LogP contribution is 2.28. The highest BCUT2D eigenvalue weighted by Gasteiger charge is 2.07. The average Bonchev–Trinajstić information content (AvgIpc) is 2.49. The smallest absolute Gasteiger partial charge is 0.132 e. The zero-order valence-corrected chi connectivity index (χ0v) is 13.7. The van der Waals surface area contributed by atoms with Crippen molar-refractivity contribution in [2.75, 3.05) is 5.32 Å². The first-order valence-electron chi connectivity index (χ1n) is 6.19. The molecule has 3 nitrogen and oxygen atoms in total. The van der Waals surface area contributed by atoms with Gasteiger partial charge in [0, 0.05) is 8.96 Å². The summed E-state index contributed by atoms with van der Waals surface area (Å²) in [6, 6.07) is 17.2. The second-order valence-electron chi connectivity index (χ2n) is 4.43. The average molecular weight is 406 g/mol. The van der Waals surface area contributed by atoms with Crippen molar-refractivity contribution >= 4 is 56.6 Å². The van der Waals surface area contributed by atoms with Crippen molar-refractivity contribution in [3.05, 3.63) is 62.7 Å². The Bertz CT molecular complexity index is 871. The van der Waals surface area contributed by atoms with Gasteiger partial charge in [-0.2, -0.15) is 5.26 Å². The van der Waals surface area contributed by atoms with Gasteiger partial charge in [-0.1, -0.05) is 29.8 Å². The van der Waals surface area contributed by atoms with E-state index < -0.39 is 0 Å². The summed E-state index contributed by atoms with van der Waals surface area (Å²) in [6.07, 6.45) is 0. The molecule has 3 aromatic rings. The SMILES string of the molecule is N#Cc1cc(Nc2ccc(I)cc2Cl)nc2ccccc12. The first-order valence-corrected chi connectivity index (χ1v) is 7.65. The van der Waals surface area contributed by atoms with Gasteiger partial charge in [0.25, 0.3) is 0 Å². The molecular weight excluding hydrogens is 397 g/mol. The summed E-state index contributed by atoms with van der Waals surface area (Å²) in [6.45, 7) is 0. The molecule has 0 atom stereocenters. The maximum Gasteiger partial charge on any atom is 0.132 e. The third-order valence-corrected chi connectivity index (χ3v) is 4.01. The molecule has 0 saturated carbocycles. The van der Waals surface area contributed by atoms with Gasteiger partial charge in [-0.25, -0.2) is 4.98 Å². The van der Waals surface area contributed by atoms with Crippen molar-refractivity contribution in [3.63, 3.8) is 0 Å². The summed E-state index contributed by atoms with van der Waals surface area (Å²) in [5, 5.41) is 13.9. The Morgan fingerprint density at radius 3 is 2.71 bits per heavy atom. The van der Waals surface area contributed by atoms with Gasteiger partial charge in [-0.3, -0.25) is 0 Å². The molecule has 21 heavy (non-hydrogen) atoms. The maximum atomic E-state index is 9.28. The van der Waals surface area contributed by atoms with Crippen molar-refractivity contribution in [2.45, 2.75) is 0 Å². The minimum atomic E-state index is 0.588. The third-order valence-electron chi connectivity index (χ3n) is 3.03. The Balaban J connectivity index is 2.07. The molecule has 1 N–H and O–H groups in total. The lowest BCUT2D eigenvalue weighted by Gasteiger charge is -2.10. The highest BCUT2D eigenvalue weighted by molar-refractivity contribution is 14.1. The van der Waals surface area contributed by atoms with Gasteiger partial charge in [0.05, 0.1) is 27.9 Å². The van der Waals surface area contributed by atoms with Gasteiger partial charge in [0.1, 0.15) is 5.82 Å². The zero-order chi connectivity index (χ0) is 14.8. The number of hydrogen-bond acceptors (Lipinski definition) is 3. The number of fused-ring (bicyclic) bond motifs is 1. The van der Waals surface area contributed by atoms with E-state index in [1.807, 2.05) is 42.5 Å². The lowest BCUT2D eigenvalue weighted by Crippen LogP contribution is -1.96. The van der Waals surface area contributed by atoms with Crippen LogP contribution in [0.2, 0.25) is 5.02 Å². The molecule has 0 spiro atoms. The van der Waals surface area contributed by atoms with E-state index in [4.69, 9.17) is 11.6 Å². The molecule has 5 heteroatoms. The monoisotopic (exact) mass is 405 g/mol. The number of aromatic nitrogens is 1. The lowest BCUT2D eigenvalue weighted by molar-refractivity contribution is 1.36. The van der Waals surface area contributed by atoms with Gasteiger partial charge >= 0.3 is 0 Å². The van der Waals surface area contributed by atoms with Gasteiger partial charge in [-0.05, 0) is 52.9 Å². The predicted molar refractivity (Wildman–Crippen MR) is 93.9 cm³/mol. The standard InChI is InChI=1S/C16H9ClIN3/c17-13-8-11(18)5-6-15(13)21-16-7-10(9-19)12-3-1-2-4-14(12)20-16/h1-8H,(H,20,21). The fourth-order valence-corrected chi connectivity index (χ4v) is 2.96. The number of pyridine rings is 1. The van der Waals surface area contributed by atoms with Crippen molar-refractivity contribution in [1.29, 1.82) is 5.26 Å². The molecule has 0 aliphatic rings. The van der Waals surface area contributed by atoms with E-state index in [0.717, 1.165) is 20.2 Å². The number of rotatable bonds is 2. The second-order valence-corrected chi connectivity index (χ2v) is 6.09. The van der Waals surface area contributed by atoms with Crippen LogP contribution in [0, 0.1) is 14.9 Å². The molecule has 0 saturated heterocycles. The van der Waals surface area contributed by atoms with Crippen molar-refractivity contribution in [2.24, 2.45) is 0 Å². The van der Waals surface area contributed by atoms with Crippen LogP contribution in [0.15, 0.2) is 48.5 Å². The maximum absolute atomic E-state index is 9.28. The molecule has 0 unspecified atom stereocenters. The Morgan fingerprint density at radius 1 is 1.14 bits per heavy atom. The number of benzene rings is 2. The first kappa shape index (κ1) is 14.1. The molecule has 0 aliphatic heterocycles. The molecular formula is C16H9ClIN3. The van der Waals surface area contributed by atoms with E-state index in [0.29, 0.717) is 16.4 Å². The van der Waals surface area contributed by atoms with E-state index in [1.54, 1.807) is 6.07 Å². The topological polar surface area (TPSA) is 48.7 Å². The van der Waals surface area contributed by atoms with E-state index >= 15 is 0 Å². The summed E-state index contributed by atoms with van der Waals surface area (Å²) < 4.78 is 1.06. The minimum absolute atomic E-state index is 0.588. The normalized spacial score (nSPS) is 10.3. The Kier molecular flexibility index (Phi) is 3.95. The quantitative estimate of drug-likeness (QED) is 0.603. The zero-order valence-electron chi connectivity index (χ0n) is 10.8. The molecule has 0 radical (unpaired) electrons. The van der Waals surface area contributed by atoms with Crippen LogP contribution >= 0.6 is 34.2 Å². The van der Waals surface area contributed by atoms with E-state index in [-0.39, 0.29) is 0 Å². The van der Waals surface area contributed by atoms with Crippen LogP contribution in [0.5, 0.6) is 0 Å². The fourth-order valence-electron chi connectivity index (χ4n) is 2.06.